The van der Waals surface area contributed by atoms with Gasteiger partial charge in [-0.15, -0.1) is 0 Å². The zero-order valence-corrected chi connectivity index (χ0v) is 15.2. The predicted molar refractivity (Wildman–Crippen MR) is 93.9 cm³/mol. The van der Waals surface area contributed by atoms with Crippen LogP contribution in [-0.2, 0) is 12.6 Å². The maximum atomic E-state index is 13.3. The number of benzene rings is 1. The van der Waals surface area contributed by atoms with Gasteiger partial charge in [0.05, 0.1) is 21.3 Å². The number of hydrogen-bond donors (Lipinski definition) is 1. The molecule has 0 aliphatic carbocycles. The number of carbonyl (C=O) groups is 1. The average Bonchev–Trinajstić information content (AvgIpc) is 2.96. The lowest BCUT2D eigenvalue weighted by atomic mass is 10.2. The minimum Gasteiger partial charge on any atom is -0.321 e. The minimum atomic E-state index is -4.65. The number of pyridine rings is 1. The summed E-state index contributed by atoms with van der Waals surface area (Å²) in [6.45, 7) is 1.70. The van der Waals surface area contributed by atoms with Crippen LogP contribution in [0.25, 0.3) is 5.65 Å². The summed E-state index contributed by atoms with van der Waals surface area (Å²) in [6, 6.07) is 4.29. The number of nitrogens with zero attached hydrogens (tertiary/aromatic N) is 2. The molecule has 0 unspecified atom stereocenters. The van der Waals surface area contributed by atoms with E-state index in [-0.39, 0.29) is 39.2 Å². The molecule has 1 amide bonds. The Hall–Kier alpha value is -2.32. The van der Waals surface area contributed by atoms with Gasteiger partial charge in [0.1, 0.15) is 11.5 Å². The van der Waals surface area contributed by atoms with Crippen molar-refractivity contribution in [3.8, 4) is 0 Å². The fourth-order valence-corrected chi connectivity index (χ4v) is 2.99. The number of halogens is 6. The van der Waals surface area contributed by atoms with E-state index in [0.29, 0.717) is 0 Å². The number of carbonyl (C=O) groups excluding carboxylic acids is 1. The molecule has 27 heavy (non-hydrogen) atoms. The molecule has 142 valence electrons. The van der Waals surface area contributed by atoms with E-state index in [1.165, 1.54) is 12.1 Å². The number of amides is 1. The molecule has 2 heterocycles. The van der Waals surface area contributed by atoms with Crippen LogP contribution in [-0.4, -0.2) is 15.3 Å². The first-order valence-electron chi connectivity index (χ1n) is 7.66. The highest BCUT2D eigenvalue weighted by molar-refractivity contribution is 6.33. The molecular formula is C17H11Cl2F4N3O. The number of anilines is 1. The van der Waals surface area contributed by atoms with Gasteiger partial charge in [-0.1, -0.05) is 30.1 Å². The van der Waals surface area contributed by atoms with Crippen LogP contribution in [0.3, 0.4) is 0 Å². The van der Waals surface area contributed by atoms with Gasteiger partial charge in [0.15, 0.2) is 5.65 Å². The van der Waals surface area contributed by atoms with Crippen LogP contribution < -0.4 is 5.32 Å². The highest BCUT2D eigenvalue weighted by Gasteiger charge is 2.33. The van der Waals surface area contributed by atoms with Crippen molar-refractivity contribution in [2.45, 2.75) is 19.5 Å². The first kappa shape index (κ1) is 19.4. The first-order valence-corrected chi connectivity index (χ1v) is 8.41. The number of aromatic nitrogens is 2. The predicted octanol–water partition coefficient (Wildman–Crippen LogP) is 5.61. The molecule has 2 aromatic heterocycles. The quantitative estimate of drug-likeness (QED) is 0.560. The number of imidazole rings is 1. The van der Waals surface area contributed by atoms with Crippen molar-refractivity contribution in [2.24, 2.45) is 0 Å². The zero-order chi connectivity index (χ0) is 19.9. The summed E-state index contributed by atoms with van der Waals surface area (Å²) in [5.74, 6) is -1.39. The third-order valence-electron chi connectivity index (χ3n) is 3.80. The molecule has 0 aliphatic rings. The van der Waals surface area contributed by atoms with Crippen LogP contribution in [0.4, 0.5) is 23.2 Å². The third kappa shape index (κ3) is 3.72. The van der Waals surface area contributed by atoms with Crippen molar-refractivity contribution in [2.75, 3.05) is 5.32 Å². The van der Waals surface area contributed by atoms with Gasteiger partial charge >= 0.3 is 6.18 Å². The van der Waals surface area contributed by atoms with Gasteiger partial charge in [0.25, 0.3) is 5.91 Å². The maximum absolute atomic E-state index is 13.3. The van der Waals surface area contributed by atoms with Crippen LogP contribution in [0.2, 0.25) is 10.0 Å². The highest BCUT2D eigenvalue weighted by atomic mass is 35.5. The highest BCUT2D eigenvalue weighted by Crippen LogP contribution is 2.33. The third-order valence-corrected chi connectivity index (χ3v) is 4.37. The second-order valence-corrected chi connectivity index (χ2v) is 6.43. The molecule has 0 bridgehead atoms. The monoisotopic (exact) mass is 419 g/mol. The summed E-state index contributed by atoms with van der Waals surface area (Å²) < 4.78 is 53.6. The number of fused-ring (bicyclic) bond motifs is 1. The Morgan fingerprint density at radius 3 is 2.52 bits per heavy atom. The molecule has 3 aromatic rings. The topological polar surface area (TPSA) is 46.4 Å². The lowest BCUT2D eigenvalue weighted by Gasteiger charge is -2.10. The largest absolute Gasteiger partial charge is 0.417 e. The Bertz CT molecular complexity index is 1050. The molecule has 4 nitrogen and oxygen atoms in total. The van der Waals surface area contributed by atoms with E-state index in [4.69, 9.17) is 23.2 Å². The second-order valence-electron chi connectivity index (χ2n) is 5.61. The fourth-order valence-electron chi connectivity index (χ4n) is 2.56. The second kappa shape index (κ2) is 7.01. The Balaban J connectivity index is 2.12. The summed E-state index contributed by atoms with van der Waals surface area (Å²) >= 11 is 11.6. The van der Waals surface area contributed by atoms with Crippen molar-refractivity contribution in [3.05, 3.63) is 63.3 Å². The van der Waals surface area contributed by atoms with Gasteiger partial charge in [0.2, 0.25) is 0 Å². The summed E-state index contributed by atoms with van der Waals surface area (Å²) in [6.07, 6.45) is -3.60. The fraction of sp³-hybridized carbons (Fsp3) is 0.176. The lowest BCUT2D eigenvalue weighted by molar-refractivity contribution is -0.137. The van der Waals surface area contributed by atoms with Crippen molar-refractivity contribution in [1.82, 2.24) is 9.38 Å². The number of rotatable bonds is 3. The van der Waals surface area contributed by atoms with Crippen molar-refractivity contribution in [3.63, 3.8) is 0 Å². The van der Waals surface area contributed by atoms with Crippen LogP contribution >= 0.6 is 23.2 Å². The van der Waals surface area contributed by atoms with Crippen LogP contribution in [0, 0.1) is 5.82 Å². The van der Waals surface area contributed by atoms with E-state index in [1.54, 1.807) is 6.92 Å². The van der Waals surface area contributed by atoms with E-state index in [2.05, 4.69) is 10.3 Å². The Morgan fingerprint density at radius 2 is 1.93 bits per heavy atom. The van der Waals surface area contributed by atoms with E-state index in [9.17, 15) is 22.4 Å². The molecule has 10 heteroatoms. The van der Waals surface area contributed by atoms with E-state index in [1.807, 2.05) is 0 Å². The SMILES string of the molecule is CCc1nc2c(Cl)cc(C(F)(F)F)cn2c1C(=O)Nc1ccc(F)c(Cl)c1. The van der Waals surface area contributed by atoms with E-state index in [0.717, 1.165) is 22.7 Å². The van der Waals surface area contributed by atoms with Gasteiger partial charge in [-0.05, 0) is 30.7 Å². The summed E-state index contributed by atoms with van der Waals surface area (Å²) in [5.41, 5.74) is -0.632. The van der Waals surface area contributed by atoms with Crippen LogP contribution in [0.5, 0.6) is 0 Å². The number of nitrogens with one attached hydrogen (secondary N) is 1. The molecule has 1 N–H and O–H groups in total. The Labute approximate surface area is 160 Å². The van der Waals surface area contributed by atoms with Crippen LogP contribution in [0.15, 0.2) is 30.5 Å². The standard InChI is InChI=1S/C17H11Cl2F4N3O/c1-2-13-14(16(27)24-9-3-4-12(20)10(18)6-9)26-7-8(17(21,22)23)5-11(19)15(26)25-13/h3-7H,2H2,1H3,(H,24,27). The maximum Gasteiger partial charge on any atom is 0.417 e. The number of alkyl halides is 3. The van der Waals surface area contributed by atoms with Gasteiger partial charge in [0, 0.05) is 11.9 Å². The molecular weight excluding hydrogens is 409 g/mol. The summed E-state index contributed by atoms with van der Waals surface area (Å²) in [7, 11) is 0. The molecule has 0 radical (unpaired) electrons. The molecule has 0 spiro atoms. The number of aryl methyl sites for hydroxylation is 1. The average molecular weight is 420 g/mol. The van der Waals surface area contributed by atoms with Crippen LogP contribution in [0.1, 0.15) is 28.7 Å². The van der Waals surface area contributed by atoms with Gasteiger partial charge in [-0.3, -0.25) is 9.20 Å². The normalized spacial score (nSPS) is 11.8. The lowest BCUT2D eigenvalue weighted by Crippen LogP contribution is -2.17. The summed E-state index contributed by atoms with van der Waals surface area (Å²) in [5, 5.41) is 2.04. The molecule has 3 rings (SSSR count). The number of hydrogen-bond acceptors (Lipinski definition) is 2. The Kier molecular flexibility index (Phi) is 5.05. The van der Waals surface area contributed by atoms with Gasteiger partial charge in [-0.2, -0.15) is 13.2 Å². The summed E-state index contributed by atoms with van der Waals surface area (Å²) in [4.78, 5) is 16.9. The molecule has 0 atom stereocenters. The smallest absolute Gasteiger partial charge is 0.321 e. The van der Waals surface area contributed by atoms with Crippen molar-refractivity contribution >= 4 is 40.4 Å². The minimum absolute atomic E-state index is 0.0313. The zero-order valence-electron chi connectivity index (χ0n) is 13.7. The molecule has 0 aliphatic heterocycles. The molecule has 0 fully saturated rings. The Morgan fingerprint density at radius 1 is 1.22 bits per heavy atom. The first-order chi connectivity index (χ1) is 12.6. The van der Waals surface area contributed by atoms with Gasteiger partial charge < -0.3 is 5.32 Å². The molecule has 0 saturated heterocycles. The molecule has 1 aromatic carbocycles. The van der Waals surface area contributed by atoms with Crippen molar-refractivity contribution in [1.29, 1.82) is 0 Å². The molecule has 0 saturated carbocycles. The van der Waals surface area contributed by atoms with E-state index < -0.39 is 23.5 Å². The van der Waals surface area contributed by atoms with E-state index >= 15 is 0 Å². The van der Waals surface area contributed by atoms with Gasteiger partial charge in [-0.25, -0.2) is 9.37 Å². The van der Waals surface area contributed by atoms with Crippen molar-refractivity contribution < 1.29 is 22.4 Å².